The van der Waals surface area contributed by atoms with E-state index in [0.717, 1.165) is 0 Å². The van der Waals surface area contributed by atoms with Crippen molar-refractivity contribution in [1.29, 1.82) is 0 Å². The third-order valence-corrected chi connectivity index (χ3v) is 4.28. The molecule has 1 heterocycles. The normalized spacial score (nSPS) is 11.5. The Bertz CT molecular complexity index is 716. The third kappa shape index (κ3) is 5.36. The van der Waals surface area contributed by atoms with Crippen LogP contribution in [0.1, 0.15) is 27.7 Å². The molecule has 3 N–H and O–H groups in total. The lowest BCUT2D eigenvalue weighted by atomic mass is 10.0. The average Bonchev–Trinajstić information content (AvgIpc) is 3.07. The molecule has 2 aromatic rings. The number of amides is 2. The van der Waals surface area contributed by atoms with Gasteiger partial charge in [-0.3, -0.25) is 9.59 Å². The Morgan fingerprint density at radius 3 is 2.50 bits per heavy atom. The molecule has 0 aliphatic carbocycles. The number of primary amides is 1. The van der Waals surface area contributed by atoms with Gasteiger partial charge in [-0.15, -0.1) is 11.3 Å². The number of carbonyl (C=O) groups excluding carboxylic acids is 3. The first-order chi connectivity index (χ1) is 11.5. The first kappa shape index (κ1) is 18.0. The number of carbonyl (C=O) groups is 3. The molecule has 2 rings (SSSR count). The minimum Gasteiger partial charge on any atom is -0.457 e. The molecule has 0 aliphatic rings. The van der Waals surface area contributed by atoms with Gasteiger partial charge < -0.3 is 15.8 Å². The maximum atomic E-state index is 12.0. The van der Waals surface area contributed by atoms with E-state index in [2.05, 4.69) is 5.32 Å². The van der Waals surface area contributed by atoms with Crippen LogP contribution in [0.4, 0.5) is 4.79 Å². The van der Waals surface area contributed by atoms with Gasteiger partial charge in [0.15, 0.2) is 6.61 Å². The smallest absolute Gasteiger partial charge is 0.312 e. The molecule has 24 heavy (non-hydrogen) atoms. The van der Waals surface area contributed by atoms with Crippen molar-refractivity contribution in [2.45, 2.75) is 12.5 Å². The number of nitrogens with two attached hydrogens (primary N) is 1. The summed E-state index contributed by atoms with van der Waals surface area (Å²) in [4.78, 5) is 35.4. The van der Waals surface area contributed by atoms with Crippen molar-refractivity contribution in [3.63, 3.8) is 0 Å². The average molecular weight is 367 g/mol. The molecule has 0 unspecified atom stereocenters. The van der Waals surface area contributed by atoms with Crippen LogP contribution in [0.3, 0.4) is 0 Å². The molecule has 2 amide bonds. The lowest BCUT2D eigenvalue weighted by molar-refractivity contribution is -0.143. The standard InChI is InChI=1S/C16H15ClN2O4S/c17-11-5-3-10(4-6-11)12(19-16(18)22)8-15(21)23-9-13(20)14-2-1-7-24-14/h1-7,12H,8-9H2,(H3,18,19,22)/t12-/m1/s1. The molecule has 0 bridgehead atoms. The Morgan fingerprint density at radius 1 is 1.21 bits per heavy atom. The van der Waals surface area contributed by atoms with Crippen LogP contribution in [0.5, 0.6) is 0 Å². The summed E-state index contributed by atoms with van der Waals surface area (Å²) in [5, 5.41) is 4.77. The molecular weight excluding hydrogens is 352 g/mol. The number of ether oxygens (including phenoxy) is 1. The molecule has 0 radical (unpaired) electrons. The van der Waals surface area contributed by atoms with Gasteiger partial charge in [-0.25, -0.2) is 4.79 Å². The molecule has 0 saturated carbocycles. The molecule has 0 spiro atoms. The summed E-state index contributed by atoms with van der Waals surface area (Å²) in [5.74, 6) is -0.891. The number of hydrogen-bond acceptors (Lipinski definition) is 5. The molecule has 1 aromatic heterocycles. The van der Waals surface area contributed by atoms with Crippen LogP contribution in [-0.4, -0.2) is 24.4 Å². The highest BCUT2D eigenvalue weighted by Crippen LogP contribution is 2.20. The number of Topliss-reactive ketones (excluding diaryl/α,β-unsaturated/α-hetero) is 1. The van der Waals surface area contributed by atoms with E-state index in [-0.39, 0.29) is 18.8 Å². The van der Waals surface area contributed by atoms with Crippen LogP contribution in [-0.2, 0) is 9.53 Å². The molecule has 1 atom stereocenters. The summed E-state index contributed by atoms with van der Waals surface area (Å²) < 4.78 is 4.98. The van der Waals surface area contributed by atoms with Gasteiger partial charge in [-0.1, -0.05) is 29.8 Å². The van der Waals surface area contributed by atoms with Crippen LogP contribution in [0.25, 0.3) is 0 Å². The van der Waals surface area contributed by atoms with Crippen molar-refractivity contribution in [3.8, 4) is 0 Å². The van der Waals surface area contributed by atoms with E-state index in [4.69, 9.17) is 22.1 Å². The summed E-state index contributed by atoms with van der Waals surface area (Å²) in [7, 11) is 0. The predicted molar refractivity (Wildman–Crippen MR) is 91.1 cm³/mol. The quantitative estimate of drug-likeness (QED) is 0.581. The summed E-state index contributed by atoms with van der Waals surface area (Å²) >= 11 is 7.10. The molecular formula is C16H15ClN2O4S. The van der Waals surface area contributed by atoms with Crippen molar-refractivity contribution in [1.82, 2.24) is 5.32 Å². The zero-order valence-electron chi connectivity index (χ0n) is 12.5. The zero-order chi connectivity index (χ0) is 17.5. The van der Waals surface area contributed by atoms with Crippen molar-refractivity contribution in [2.75, 3.05) is 6.61 Å². The monoisotopic (exact) mass is 366 g/mol. The fraction of sp³-hybridized carbons (Fsp3) is 0.188. The summed E-state index contributed by atoms with van der Waals surface area (Å²) in [6, 6.07) is 8.59. The number of benzene rings is 1. The van der Waals surface area contributed by atoms with Gasteiger partial charge in [0.05, 0.1) is 17.3 Å². The maximum Gasteiger partial charge on any atom is 0.312 e. The van der Waals surface area contributed by atoms with Crippen molar-refractivity contribution in [3.05, 3.63) is 57.2 Å². The molecule has 0 saturated heterocycles. The van der Waals surface area contributed by atoms with E-state index >= 15 is 0 Å². The molecule has 126 valence electrons. The van der Waals surface area contributed by atoms with Gasteiger partial charge >= 0.3 is 12.0 Å². The molecule has 0 fully saturated rings. The number of rotatable bonds is 7. The van der Waals surface area contributed by atoms with Gasteiger partial charge in [0, 0.05) is 5.02 Å². The summed E-state index contributed by atoms with van der Waals surface area (Å²) in [5.41, 5.74) is 5.79. The van der Waals surface area contributed by atoms with Crippen LogP contribution < -0.4 is 11.1 Å². The van der Waals surface area contributed by atoms with Crippen molar-refractivity contribution in [2.24, 2.45) is 5.73 Å². The highest BCUT2D eigenvalue weighted by molar-refractivity contribution is 7.12. The maximum absolute atomic E-state index is 12.0. The Balaban J connectivity index is 1.95. The number of urea groups is 1. The van der Waals surface area contributed by atoms with E-state index in [1.54, 1.807) is 41.8 Å². The number of esters is 1. The zero-order valence-corrected chi connectivity index (χ0v) is 14.1. The van der Waals surface area contributed by atoms with E-state index in [1.807, 2.05) is 0 Å². The van der Waals surface area contributed by atoms with Gasteiger partial charge in [-0.2, -0.15) is 0 Å². The number of nitrogens with one attached hydrogen (secondary N) is 1. The lowest BCUT2D eigenvalue weighted by Crippen LogP contribution is -2.34. The minimum atomic E-state index is -0.766. The Labute approximate surface area is 147 Å². The molecule has 0 aliphatic heterocycles. The number of halogens is 1. The fourth-order valence-corrected chi connectivity index (χ4v) is 2.78. The second-order valence-corrected chi connectivity index (χ2v) is 6.26. The van der Waals surface area contributed by atoms with Gasteiger partial charge in [0.2, 0.25) is 5.78 Å². The van der Waals surface area contributed by atoms with Gasteiger partial charge in [-0.05, 0) is 29.1 Å². The van der Waals surface area contributed by atoms with E-state index in [0.29, 0.717) is 15.5 Å². The Hall–Kier alpha value is -2.38. The highest BCUT2D eigenvalue weighted by atomic mass is 35.5. The SMILES string of the molecule is NC(=O)N[C@H](CC(=O)OCC(=O)c1cccs1)c1ccc(Cl)cc1. The molecule has 8 heteroatoms. The van der Waals surface area contributed by atoms with Crippen LogP contribution >= 0.6 is 22.9 Å². The largest absolute Gasteiger partial charge is 0.457 e. The molecule has 1 aromatic carbocycles. The lowest BCUT2D eigenvalue weighted by Gasteiger charge is -2.17. The van der Waals surface area contributed by atoms with Gasteiger partial charge in [0.25, 0.3) is 0 Å². The van der Waals surface area contributed by atoms with Crippen molar-refractivity contribution >= 4 is 40.7 Å². The van der Waals surface area contributed by atoms with Crippen LogP contribution in [0.2, 0.25) is 5.02 Å². The van der Waals surface area contributed by atoms with Crippen LogP contribution in [0, 0.1) is 0 Å². The van der Waals surface area contributed by atoms with Crippen molar-refractivity contribution < 1.29 is 19.1 Å². The summed E-state index contributed by atoms with van der Waals surface area (Å²) in [6.45, 7) is -0.344. The first-order valence-corrected chi connectivity index (χ1v) is 8.25. The van der Waals surface area contributed by atoms with E-state index in [9.17, 15) is 14.4 Å². The molecule has 6 nitrogen and oxygen atoms in total. The number of thiophene rings is 1. The van der Waals surface area contributed by atoms with E-state index in [1.165, 1.54) is 11.3 Å². The topological polar surface area (TPSA) is 98.5 Å². The predicted octanol–water partition coefficient (Wildman–Crippen LogP) is 2.93. The first-order valence-electron chi connectivity index (χ1n) is 6.99. The summed E-state index contributed by atoms with van der Waals surface area (Å²) in [6.07, 6.45) is -0.151. The highest BCUT2D eigenvalue weighted by Gasteiger charge is 2.19. The van der Waals surface area contributed by atoms with E-state index < -0.39 is 18.0 Å². The number of hydrogen-bond donors (Lipinski definition) is 2. The number of ketones is 1. The second-order valence-electron chi connectivity index (χ2n) is 4.88. The second kappa shape index (κ2) is 8.47. The van der Waals surface area contributed by atoms with Crippen LogP contribution in [0.15, 0.2) is 41.8 Å². The Morgan fingerprint density at radius 2 is 1.92 bits per heavy atom. The third-order valence-electron chi connectivity index (χ3n) is 3.12. The Kier molecular flexibility index (Phi) is 6.34. The fourth-order valence-electron chi connectivity index (χ4n) is 2.00. The minimum absolute atomic E-state index is 0.151. The van der Waals surface area contributed by atoms with Gasteiger partial charge in [0.1, 0.15) is 0 Å².